The largest absolute Gasteiger partial charge is 0.434 e. The Morgan fingerprint density at radius 2 is 1.96 bits per heavy atom. The van der Waals surface area contributed by atoms with Gasteiger partial charge in [0.05, 0.1) is 0 Å². The standard InChI is InChI=1S/C17H22F2N2O3/c1-10-7-13(8-11(2)15(10)24-17(18)19)16(23)20-12(3)9-21-6-4-5-14(21)22/h7-8,12,17H,4-6,9H2,1-3H3,(H,20,23)/t12-/m1/s1. The highest BCUT2D eigenvalue weighted by Crippen LogP contribution is 2.26. The van der Waals surface area contributed by atoms with Crippen LogP contribution in [0.15, 0.2) is 12.1 Å². The van der Waals surface area contributed by atoms with Crippen molar-refractivity contribution in [3.8, 4) is 5.75 Å². The maximum Gasteiger partial charge on any atom is 0.387 e. The summed E-state index contributed by atoms with van der Waals surface area (Å²) in [6.45, 7) is 3.35. The lowest BCUT2D eigenvalue weighted by Crippen LogP contribution is -2.42. The molecule has 0 spiro atoms. The molecular formula is C17H22F2N2O3. The van der Waals surface area contributed by atoms with E-state index in [1.165, 1.54) is 12.1 Å². The van der Waals surface area contributed by atoms with Crippen LogP contribution in [0, 0.1) is 13.8 Å². The minimum Gasteiger partial charge on any atom is -0.434 e. The maximum absolute atomic E-state index is 12.4. The molecule has 0 unspecified atom stereocenters. The number of alkyl halides is 2. The summed E-state index contributed by atoms with van der Waals surface area (Å²) < 4.78 is 29.3. The molecule has 0 aromatic heterocycles. The lowest BCUT2D eigenvalue weighted by molar-refractivity contribution is -0.127. The van der Waals surface area contributed by atoms with E-state index in [9.17, 15) is 18.4 Å². The molecule has 1 N–H and O–H groups in total. The van der Waals surface area contributed by atoms with E-state index in [1.807, 2.05) is 6.92 Å². The highest BCUT2D eigenvalue weighted by atomic mass is 19.3. The number of aryl methyl sites for hydroxylation is 2. The molecule has 1 saturated heterocycles. The Labute approximate surface area is 140 Å². The number of ether oxygens (including phenoxy) is 1. The van der Waals surface area contributed by atoms with Gasteiger partial charge >= 0.3 is 6.61 Å². The molecule has 1 aromatic carbocycles. The van der Waals surface area contributed by atoms with E-state index in [0.717, 1.165) is 13.0 Å². The van der Waals surface area contributed by atoms with Crippen molar-refractivity contribution in [3.05, 3.63) is 28.8 Å². The smallest absolute Gasteiger partial charge is 0.387 e. The van der Waals surface area contributed by atoms with Crippen molar-refractivity contribution in [3.63, 3.8) is 0 Å². The molecule has 0 aliphatic carbocycles. The third-order valence-corrected chi connectivity index (χ3v) is 3.97. The average Bonchev–Trinajstić information content (AvgIpc) is 2.87. The van der Waals surface area contributed by atoms with Gasteiger partial charge in [-0.1, -0.05) is 0 Å². The minimum atomic E-state index is -2.90. The number of carbonyl (C=O) groups is 2. The van der Waals surface area contributed by atoms with Gasteiger partial charge in [0.2, 0.25) is 5.91 Å². The number of amides is 2. The summed E-state index contributed by atoms with van der Waals surface area (Å²) in [6.07, 6.45) is 1.41. The van der Waals surface area contributed by atoms with Crippen molar-refractivity contribution in [1.29, 1.82) is 0 Å². The number of hydrogen-bond acceptors (Lipinski definition) is 3. The van der Waals surface area contributed by atoms with E-state index in [4.69, 9.17) is 0 Å². The van der Waals surface area contributed by atoms with Crippen molar-refractivity contribution >= 4 is 11.8 Å². The van der Waals surface area contributed by atoms with Gasteiger partial charge in [0.25, 0.3) is 5.91 Å². The van der Waals surface area contributed by atoms with Gasteiger partial charge in [-0.3, -0.25) is 9.59 Å². The third kappa shape index (κ3) is 4.43. The summed E-state index contributed by atoms with van der Waals surface area (Å²) in [5.74, 6) is -0.0995. The van der Waals surface area contributed by atoms with E-state index in [0.29, 0.717) is 29.7 Å². The number of nitrogens with zero attached hydrogens (tertiary/aromatic N) is 1. The van der Waals surface area contributed by atoms with E-state index in [2.05, 4.69) is 10.1 Å². The normalized spacial score (nSPS) is 15.8. The molecule has 0 bridgehead atoms. The number of nitrogens with one attached hydrogen (secondary N) is 1. The first-order valence-corrected chi connectivity index (χ1v) is 7.92. The summed E-state index contributed by atoms with van der Waals surface area (Å²) in [6, 6.07) is 2.85. The molecule has 1 aliphatic rings. The molecule has 2 rings (SSSR count). The van der Waals surface area contributed by atoms with Gasteiger partial charge < -0.3 is 15.0 Å². The van der Waals surface area contributed by atoms with Crippen LogP contribution in [0.4, 0.5) is 8.78 Å². The summed E-state index contributed by atoms with van der Waals surface area (Å²) in [7, 11) is 0. The van der Waals surface area contributed by atoms with E-state index in [1.54, 1.807) is 18.7 Å². The Bertz CT molecular complexity index is 611. The molecule has 1 atom stereocenters. The molecule has 2 amide bonds. The third-order valence-electron chi connectivity index (χ3n) is 3.97. The number of halogens is 2. The molecule has 1 aliphatic heterocycles. The first-order valence-electron chi connectivity index (χ1n) is 7.92. The molecule has 7 heteroatoms. The first kappa shape index (κ1) is 18.2. The van der Waals surface area contributed by atoms with Gasteiger partial charge in [-0.25, -0.2) is 0 Å². The molecule has 1 heterocycles. The summed E-state index contributed by atoms with van der Waals surface area (Å²) in [5, 5.41) is 2.84. The van der Waals surface area contributed by atoms with Gasteiger partial charge in [-0.2, -0.15) is 8.78 Å². The topological polar surface area (TPSA) is 58.6 Å². The van der Waals surface area contributed by atoms with Gasteiger partial charge in [-0.05, 0) is 50.5 Å². The van der Waals surface area contributed by atoms with Crippen molar-refractivity contribution in [2.24, 2.45) is 0 Å². The summed E-state index contributed by atoms with van der Waals surface area (Å²) in [5.41, 5.74) is 1.33. The highest BCUT2D eigenvalue weighted by Gasteiger charge is 2.23. The van der Waals surface area contributed by atoms with Crippen LogP contribution >= 0.6 is 0 Å². The number of likely N-dealkylation sites (tertiary alicyclic amines) is 1. The molecule has 24 heavy (non-hydrogen) atoms. The monoisotopic (exact) mass is 340 g/mol. The second-order valence-electron chi connectivity index (χ2n) is 6.14. The van der Waals surface area contributed by atoms with Crippen molar-refractivity contribution in [1.82, 2.24) is 10.2 Å². The zero-order chi connectivity index (χ0) is 17.9. The fraction of sp³-hybridized carbons (Fsp3) is 0.529. The quantitative estimate of drug-likeness (QED) is 0.866. The number of rotatable bonds is 6. The Balaban J connectivity index is 2.02. The fourth-order valence-electron chi connectivity index (χ4n) is 2.94. The molecule has 5 nitrogen and oxygen atoms in total. The van der Waals surface area contributed by atoms with Gasteiger partial charge in [-0.15, -0.1) is 0 Å². The predicted octanol–water partition coefficient (Wildman–Crippen LogP) is 2.65. The van der Waals surface area contributed by atoms with Gasteiger partial charge in [0.15, 0.2) is 0 Å². The highest BCUT2D eigenvalue weighted by molar-refractivity contribution is 5.95. The van der Waals surface area contributed by atoms with Crippen LogP contribution < -0.4 is 10.1 Å². The number of hydrogen-bond donors (Lipinski definition) is 1. The first-order chi connectivity index (χ1) is 11.3. The van der Waals surface area contributed by atoms with Gasteiger partial charge in [0.1, 0.15) is 5.75 Å². The van der Waals surface area contributed by atoms with Crippen LogP contribution in [0.3, 0.4) is 0 Å². The Kier molecular flexibility index (Phi) is 5.75. The number of benzene rings is 1. The van der Waals surface area contributed by atoms with Crippen molar-refractivity contribution < 1.29 is 23.1 Å². The molecule has 132 valence electrons. The zero-order valence-corrected chi connectivity index (χ0v) is 14.1. The van der Waals surface area contributed by atoms with E-state index >= 15 is 0 Å². The Hall–Kier alpha value is -2.18. The molecular weight excluding hydrogens is 318 g/mol. The summed E-state index contributed by atoms with van der Waals surface area (Å²) >= 11 is 0. The van der Waals surface area contributed by atoms with Crippen molar-refractivity contribution in [2.75, 3.05) is 13.1 Å². The lowest BCUT2D eigenvalue weighted by Gasteiger charge is -2.22. The van der Waals surface area contributed by atoms with Crippen LogP contribution in [0.1, 0.15) is 41.3 Å². The molecule has 0 saturated carbocycles. The van der Waals surface area contributed by atoms with Crippen LogP contribution in [-0.2, 0) is 4.79 Å². The molecule has 0 radical (unpaired) electrons. The Morgan fingerprint density at radius 1 is 1.33 bits per heavy atom. The Morgan fingerprint density at radius 3 is 2.46 bits per heavy atom. The van der Waals surface area contributed by atoms with E-state index < -0.39 is 6.61 Å². The molecule has 1 aromatic rings. The predicted molar refractivity (Wildman–Crippen MR) is 85.3 cm³/mol. The number of carbonyl (C=O) groups excluding carboxylic acids is 2. The summed E-state index contributed by atoms with van der Waals surface area (Å²) in [4.78, 5) is 25.7. The molecule has 1 fully saturated rings. The second-order valence-corrected chi connectivity index (χ2v) is 6.14. The zero-order valence-electron chi connectivity index (χ0n) is 14.1. The van der Waals surface area contributed by atoms with Crippen LogP contribution in [0.25, 0.3) is 0 Å². The van der Waals surface area contributed by atoms with E-state index in [-0.39, 0.29) is 23.6 Å². The average molecular weight is 340 g/mol. The van der Waals surface area contributed by atoms with Gasteiger partial charge in [0, 0.05) is 31.1 Å². The lowest BCUT2D eigenvalue weighted by atomic mass is 10.0. The van der Waals surface area contributed by atoms with Crippen LogP contribution in [-0.4, -0.2) is 42.5 Å². The van der Waals surface area contributed by atoms with Crippen molar-refractivity contribution in [2.45, 2.75) is 46.3 Å². The maximum atomic E-state index is 12.4. The second kappa shape index (κ2) is 7.59. The van der Waals surface area contributed by atoms with Crippen LogP contribution in [0.2, 0.25) is 0 Å². The van der Waals surface area contributed by atoms with Crippen LogP contribution in [0.5, 0.6) is 5.75 Å². The SMILES string of the molecule is Cc1cc(C(=O)N[C@H](C)CN2CCCC2=O)cc(C)c1OC(F)F. The fourth-order valence-corrected chi connectivity index (χ4v) is 2.94. The minimum absolute atomic E-state index is 0.0947.